The fourth-order valence-electron chi connectivity index (χ4n) is 8.09. The molecule has 0 N–H and O–H groups in total. The van der Waals surface area contributed by atoms with E-state index < -0.39 is 6.10 Å². The second-order valence-corrected chi connectivity index (χ2v) is 20.2. The monoisotopic (exact) mass is 1070 g/mol. The minimum Gasteiger partial charge on any atom is -0.462 e. The van der Waals surface area contributed by atoms with E-state index in [9.17, 15) is 14.4 Å². The lowest BCUT2D eigenvalue weighted by Gasteiger charge is -2.18. The summed E-state index contributed by atoms with van der Waals surface area (Å²) in [7, 11) is 0. The Labute approximate surface area is 480 Å². The molecule has 0 aliphatic rings. The van der Waals surface area contributed by atoms with Crippen LogP contribution in [0.2, 0.25) is 0 Å². The van der Waals surface area contributed by atoms with Gasteiger partial charge in [0.05, 0.1) is 0 Å². The Hall–Kier alpha value is -4.97. The summed E-state index contributed by atoms with van der Waals surface area (Å²) in [5.41, 5.74) is 0. The zero-order chi connectivity index (χ0) is 56.4. The molecule has 0 aromatic rings. The molecule has 0 aromatic heterocycles. The fraction of sp³-hybridized carbons (Fsp3) is 0.597. The molecule has 0 aliphatic carbocycles. The van der Waals surface area contributed by atoms with E-state index in [0.29, 0.717) is 19.3 Å². The average Bonchev–Trinajstić information content (AvgIpc) is 3.44. The predicted octanol–water partition coefficient (Wildman–Crippen LogP) is 21.7. The van der Waals surface area contributed by atoms with Gasteiger partial charge in [-0.3, -0.25) is 14.4 Å². The van der Waals surface area contributed by atoms with Gasteiger partial charge >= 0.3 is 17.9 Å². The highest BCUT2D eigenvalue weighted by atomic mass is 16.6. The van der Waals surface area contributed by atoms with Crippen molar-refractivity contribution in [2.45, 2.75) is 264 Å². The van der Waals surface area contributed by atoms with Crippen LogP contribution in [-0.4, -0.2) is 37.2 Å². The third-order valence-corrected chi connectivity index (χ3v) is 12.7. The molecule has 0 aliphatic heterocycles. The van der Waals surface area contributed by atoms with Gasteiger partial charge in [-0.25, -0.2) is 0 Å². The van der Waals surface area contributed by atoms with Crippen molar-refractivity contribution in [1.29, 1.82) is 0 Å². The Bertz CT molecular complexity index is 1760. The van der Waals surface area contributed by atoms with Crippen molar-refractivity contribution in [3.63, 3.8) is 0 Å². The van der Waals surface area contributed by atoms with E-state index in [4.69, 9.17) is 14.2 Å². The number of ether oxygens (including phenoxy) is 3. The molecule has 0 rings (SSSR count). The number of unbranched alkanes of at least 4 members (excludes halogenated alkanes) is 18. The van der Waals surface area contributed by atoms with Crippen molar-refractivity contribution in [3.8, 4) is 0 Å². The molecule has 0 spiro atoms. The van der Waals surface area contributed by atoms with Crippen LogP contribution in [0.3, 0.4) is 0 Å². The molecule has 0 fully saturated rings. The van der Waals surface area contributed by atoms with Crippen molar-refractivity contribution >= 4 is 17.9 Å². The number of carbonyl (C=O) groups excluding carboxylic acids is 3. The summed E-state index contributed by atoms with van der Waals surface area (Å²) in [6.45, 7) is 6.34. The Morgan fingerprint density at radius 1 is 0.269 bits per heavy atom. The lowest BCUT2D eigenvalue weighted by Crippen LogP contribution is -2.30. The maximum atomic E-state index is 12.9. The Morgan fingerprint density at radius 3 is 0.808 bits per heavy atom. The number of rotatable bonds is 55. The third kappa shape index (κ3) is 61.9. The summed E-state index contributed by atoms with van der Waals surface area (Å²) < 4.78 is 16.8. The van der Waals surface area contributed by atoms with E-state index in [1.165, 1.54) is 44.9 Å². The van der Waals surface area contributed by atoms with Crippen LogP contribution in [0, 0.1) is 0 Å². The van der Waals surface area contributed by atoms with E-state index in [1.54, 1.807) is 0 Å². The van der Waals surface area contributed by atoms with E-state index in [0.717, 1.165) is 173 Å². The molecule has 0 heterocycles. The zero-order valence-corrected chi connectivity index (χ0v) is 50.1. The quantitative estimate of drug-likeness (QED) is 0.0261. The SMILES string of the molecule is CC/C=C\C/C=C\C/C=C\C/C=C\C/C=C\C/C=C\C/C=C\C/C=C\C/C=C\CCCCCCCC(=O)OCC(COC(=O)CCCCC/C=C\C/C=C\C/C=C\CC)OC(=O)CCCCCCC/C=C\CCCCCCC. The molecule has 1 unspecified atom stereocenters. The van der Waals surface area contributed by atoms with Crippen LogP contribution in [0.15, 0.2) is 158 Å². The van der Waals surface area contributed by atoms with E-state index in [2.05, 4.69) is 179 Å². The molecule has 438 valence electrons. The average molecular weight is 1080 g/mol. The first-order valence-corrected chi connectivity index (χ1v) is 31.5. The normalized spacial score (nSPS) is 13.2. The first-order chi connectivity index (χ1) is 38.5. The van der Waals surface area contributed by atoms with Crippen molar-refractivity contribution in [2.24, 2.45) is 0 Å². The molecule has 0 amide bonds. The van der Waals surface area contributed by atoms with Gasteiger partial charge in [-0.15, -0.1) is 0 Å². The number of allylic oxidation sites excluding steroid dienone is 26. The summed E-state index contributed by atoms with van der Waals surface area (Å²) in [5, 5.41) is 0. The van der Waals surface area contributed by atoms with Gasteiger partial charge < -0.3 is 14.2 Å². The fourth-order valence-corrected chi connectivity index (χ4v) is 8.09. The molecule has 0 radical (unpaired) electrons. The van der Waals surface area contributed by atoms with Crippen LogP contribution in [0.1, 0.15) is 258 Å². The smallest absolute Gasteiger partial charge is 0.306 e. The van der Waals surface area contributed by atoms with Gasteiger partial charge in [0.25, 0.3) is 0 Å². The largest absolute Gasteiger partial charge is 0.462 e. The number of hydrogen-bond donors (Lipinski definition) is 0. The molecule has 6 nitrogen and oxygen atoms in total. The highest BCUT2D eigenvalue weighted by molar-refractivity contribution is 5.71. The Kier molecular flexibility index (Phi) is 60.4. The van der Waals surface area contributed by atoms with E-state index in [-0.39, 0.29) is 31.1 Å². The summed E-state index contributed by atoms with van der Waals surface area (Å²) >= 11 is 0. The van der Waals surface area contributed by atoms with Gasteiger partial charge in [0, 0.05) is 19.3 Å². The predicted molar refractivity (Wildman–Crippen MR) is 338 cm³/mol. The Morgan fingerprint density at radius 2 is 0.500 bits per heavy atom. The van der Waals surface area contributed by atoms with Gasteiger partial charge in [-0.05, 0) is 148 Å². The molecule has 78 heavy (non-hydrogen) atoms. The molecule has 6 heteroatoms. The minimum absolute atomic E-state index is 0.107. The number of esters is 3. The van der Waals surface area contributed by atoms with Gasteiger partial charge in [-0.2, -0.15) is 0 Å². The lowest BCUT2D eigenvalue weighted by molar-refractivity contribution is -0.167. The van der Waals surface area contributed by atoms with Crippen LogP contribution in [-0.2, 0) is 28.6 Å². The highest BCUT2D eigenvalue weighted by Crippen LogP contribution is 2.13. The second kappa shape index (κ2) is 64.6. The van der Waals surface area contributed by atoms with Gasteiger partial charge in [0.2, 0.25) is 0 Å². The van der Waals surface area contributed by atoms with Crippen LogP contribution >= 0.6 is 0 Å². The standard InChI is InChI=1S/C72H114O6/c1-4-7-10-13-16-19-22-25-27-28-29-30-31-32-33-34-35-36-37-38-39-40-41-42-43-44-45-48-50-53-56-59-62-65-71(74)77-68-69(67-76-70(73)64-61-58-55-52-49-46-24-21-18-15-12-9-6-3)78-72(75)66-63-60-57-54-51-47-26-23-20-17-14-11-8-5-2/h7,9-10,12,16,18-19,21,23,25-27,29-30,32-33,35-36,38-39,41-42,44-46,49,69H,4-6,8,11,13-15,17,20,22,24,28,31,34,37,40,43,47-48,50-68H2,1-3H3/b10-7-,12-9-,19-16-,21-18-,26-23-,27-25-,30-29-,33-32-,36-35-,39-38-,42-41-,45-44-,49-46-. The van der Waals surface area contributed by atoms with Crippen molar-refractivity contribution in [1.82, 2.24) is 0 Å². The third-order valence-electron chi connectivity index (χ3n) is 12.7. The summed E-state index contributed by atoms with van der Waals surface area (Å²) in [6.07, 6.45) is 93.9. The lowest BCUT2D eigenvalue weighted by atomic mass is 10.1. The van der Waals surface area contributed by atoms with Gasteiger partial charge in [-0.1, -0.05) is 249 Å². The highest BCUT2D eigenvalue weighted by Gasteiger charge is 2.19. The summed E-state index contributed by atoms with van der Waals surface area (Å²) in [6, 6.07) is 0. The van der Waals surface area contributed by atoms with Crippen LogP contribution in [0.25, 0.3) is 0 Å². The molecule has 0 bridgehead atoms. The second-order valence-electron chi connectivity index (χ2n) is 20.2. The van der Waals surface area contributed by atoms with E-state index >= 15 is 0 Å². The molecular weight excluding hydrogens is 961 g/mol. The van der Waals surface area contributed by atoms with Crippen LogP contribution in [0.4, 0.5) is 0 Å². The molecule has 0 aromatic carbocycles. The van der Waals surface area contributed by atoms with Gasteiger partial charge in [0.1, 0.15) is 13.2 Å². The summed E-state index contributed by atoms with van der Waals surface area (Å²) in [5.74, 6) is -0.968. The van der Waals surface area contributed by atoms with Crippen molar-refractivity contribution in [2.75, 3.05) is 13.2 Å². The maximum absolute atomic E-state index is 12.9. The first-order valence-electron chi connectivity index (χ1n) is 31.5. The number of carbonyl (C=O) groups is 3. The molecular formula is C72H114O6. The number of hydrogen-bond acceptors (Lipinski definition) is 6. The maximum Gasteiger partial charge on any atom is 0.306 e. The van der Waals surface area contributed by atoms with Crippen molar-refractivity contribution < 1.29 is 28.6 Å². The molecule has 0 saturated heterocycles. The van der Waals surface area contributed by atoms with Crippen LogP contribution in [0.5, 0.6) is 0 Å². The topological polar surface area (TPSA) is 78.9 Å². The molecule has 0 saturated carbocycles. The molecule has 1 atom stereocenters. The Balaban J connectivity index is 4.34. The van der Waals surface area contributed by atoms with Crippen molar-refractivity contribution in [3.05, 3.63) is 158 Å². The zero-order valence-electron chi connectivity index (χ0n) is 50.1. The minimum atomic E-state index is -0.810. The first kappa shape index (κ1) is 73.0. The van der Waals surface area contributed by atoms with Crippen LogP contribution < -0.4 is 0 Å². The van der Waals surface area contributed by atoms with Gasteiger partial charge in [0.15, 0.2) is 6.10 Å². The van der Waals surface area contributed by atoms with E-state index in [1.807, 2.05) is 0 Å². The summed E-state index contributed by atoms with van der Waals surface area (Å²) in [4.78, 5) is 38.2.